The SMILES string of the molecule is Cc1ccc2c(oc3c(-c4ccc(C5CCCCCO5)cc4)c(F)ccc32)c1-c1cccc[n+]1C. The fraction of sp³-hybridized carbons (Fsp3) is 0.258. The molecule has 0 spiro atoms. The first-order chi connectivity index (χ1) is 17.1. The van der Waals surface area contributed by atoms with Crippen LogP contribution in [0.15, 0.2) is 77.3 Å². The molecule has 0 amide bonds. The van der Waals surface area contributed by atoms with Gasteiger partial charge in [-0.15, -0.1) is 0 Å². The Balaban J connectivity index is 1.52. The summed E-state index contributed by atoms with van der Waals surface area (Å²) < 4.78 is 30.0. The molecule has 1 fully saturated rings. The summed E-state index contributed by atoms with van der Waals surface area (Å²) in [6, 6.07) is 21.9. The third kappa shape index (κ3) is 3.82. The van der Waals surface area contributed by atoms with E-state index in [-0.39, 0.29) is 11.9 Å². The van der Waals surface area contributed by atoms with E-state index in [0.717, 1.165) is 63.8 Å². The van der Waals surface area contributed by atoms with E-state index in [1.165, 1.54) is 12.8 Å². The summed E-state index contributed by atoms with van der Waals surface area (Å²) in [4.78, 5) is 0. The minimum absolute atomic E-state index is 0.121. The molecular formula is C31H29FNO2+. The van der Waals surface area contributed by atoms with Crippen LogP contribution in [0, 0.1) is 12.7 Å². The van der Waals surface area contributed by atoms with Crippen LogP contribution in [0.1, 0.15) is 42.9 Å². The topological polar surface area (TPSA) is 26.2 Å². The number of hydrogen-bond acceptors (Lipinski definition) is 2. The number of ether oxygens (including phenoxy) is 1. The zero-order valence-electron chi connectivity index (χ0n) is 20.2. The number of pyridine rings is 1. The van der Waals surface area contributed by atoms with Gasteiger partial charge in [-0.1, -0.05) is 49.2 Å². The van der Waals surface area contributed by atoms with Crippen molar-refractivity contribution in [3.8, 4) is 22.4 Å². The van der Waals surface area contributed by atoms with Gasteiger partial charge in [-0.3, -0.25) is 0 Å². The molecule has 1 aliphatic heterocycles. The van der Waals surface area contributed by atoms with Gasteiger partial charge in [-0.05, 0) is 54.7 Å². The maximum absolute atomic E-state index is 15.3. The molecule has 1 unspecified atom stereocenters. The Morgan fingerprint density at radius 1 is 0.829 bits per heavy atom. The molecule has 3 aromatic carbocycles. The van der Waals surface area contributed by atoms with Crippen LogP contribution < -0.4 is 4.57 Å². The minimum atomic E-state index is -0.279. The van der Waals surface area contributed by atoms with E-state index in [9.17, 15) is 0 Å². The van der Waals surface area contributed by atoms with Crippen LogP contribution in [-0.4, -0.2) is 6.61 Å². The first kappa shape index (κ1) is 22.0. The van der Waals surface area contributed by atoms with Crippen LogP contribution >= 0.6 is 0 Å². The molecule has 3 nitrogen and oxygen atoms in total. The number of aromatic nitrogens is 1. The van der Waals surface area contributed by atoms with Crippen LogP contribution in [0.4, 0.5) is 4.39 Å². The molecule has 2 aromatic heterocycles. The average Bonchev–Trinajstić information content (AvgIpc) is 3.03. The molecule has 6 rings (SSSR count). The molecule has 1 saturated heterocycles. The molecule has 1 aliphatic rings. The van der Waals surface area contributed by atoms with Crippen molar-refractivity contribution in [1.82, 2.24) is 0 Å². The zero-order valence-corrected chi connectivity index (χ0v) is 20.2. The maximum Gasteiger partial charge on any atom is 0.216 e. The molecule has 0 aliphatic carbocycles. The van der Waals surface area contributed by atoms with Crippen molar-refractivity contribution in [1.29, 1.82) is 0 Å². The van der Waals surface area contributed by atoms with Crippen molar-refractivity contribution in [2.24, 2.45) is 7.05 Å². The van der Waals surface area contributed by atoms with Gasteiger partial charge in [0.15, 0.2) is 6.20 Å². The second-order valence-electron chi connectivity index (χ2n) is 9.56. The Morgan fingerprint density at radius 3 is 2.40 bits per heavy atom. The fourth-order valence-electron chi connectivity index (χ4n) is 5.39. The smallest absolute Gasteiger partial charge is 0.216 e. The van der Waals surface area contributed by atoms with E-state index in [0.29, 0.717) is 11.1 Å². The monoisotopic (exact) mass is 466 g/mol. The largest absolute Gasteiger partial charge is 0.454 e. The fourth-order valence-corrected chi connectivity index (χ4v) is 5.39. The lowest BCUT2D eigenvalue weighted by Gasteiger charge is -2.16. The van der Waals surface area contributed by atoms with Crippen LogP contribution in [0.5, 0.6) is 0 Å². The summed E-state index contributed by atoms with van der Waals surface area (Å²) in [5, 5.41) is 1.92. The lowest BCUT2D eigenvalue weighted by molar-refractivity contribution is -0.660. The highest BCUT2D eigenvalue weighted by Gasteiger charge is 2.23. The van der Waals surface area contributed by atoms with Gasteiger partial charge in [-0.25, -0.2) is 8.96 Å². The second kappa shape index (κ2) is 8.94. The highest BCUT2D eigenvalue weighted by atomic mass is 19.1. The highest BCUT2D eigenvalue weighted by molar-refractivity contribution is 6.13. The predicted molar refractivity (Wildman–Crippen MR) is 138 cm³/mol. The standard InChI is InChI=1S/C31H29FNO2/c1-20-10-15-23-24-16-17-25(32)29(22-13-11-21(12-14-22)27-9-4-3-7-19-34-27)31(24)35-30(23)28(20)26-8-5-6-18-33(26)2/h5-6,8,10-18,27H,3-4,7,9,19H2,1-2H3/q+1. The first-order valence-electron chi connectivity index (χ1n) is 12.4. The Morgan fingerprint density at radius 2 is 1.60 bits per heavy atom. The number of hydrogen-bond donors (Lipinski definition) is 0. The van der Waals surface area contributed by atoms with Crippen molar-refractivity contribution in [2.45, 2.75) is 38.7 Å². The summed E-state index contributed by atoms with van der Waals surface area (Å²) in [5.74, 6) is -0.279. The van der Waals surface area contributed by atoms with Crippen molar-refractivity contribution >= 4 is 21.9 Å². The molecule has 0 radical (unpaired) electrons. The number of fused-ring (bicyclic) bond motifs is 3. The van der Waals surface area contributed by atoms with Gasteiger partial charge in [0.25, 0.3) is 0 Å². The second-order valence-corrected chi connectivity index (χ2v) is 9.56. The molecule has 35 heavy (non-hydrogen) atoms. The van der Waals surface area contributed by atoms with Crippen LogP contribution in [0.25, 0.3) is 44.3 Å². The van der Waals surface area contributed by atoms with Crippen molar-refractivity contribution in [3.05, 3.63) is 89.9 Å². The Bertz CT molecular complexity index is 1530. The molecule has 3 heterocycles. The number of rotatable bonds is 3. The van der Waals surface area contributed by atoms with E-state index >= 15 is 4.39 Å². The zero-order chi connectivity index (χ0) is 23.9. The third-order valence-corrected chi connectivity index (χ3v) is 7.28. The van der Waals surface area contributed by atoms with Gasteiger partial charge in [0.1, 0.15) is 24.0 Å². The van der Waals surface area contributed by atoms with Crippen molar-refractivity contribution < 1.29 is 18.1 Å². The number of benzene rings is 3. The quantitative estimate of drug-likeness (QED) is 0.253. The van der Waals surface area contributed by atoms with Crippen LogP contribution in [0.2, 0.25) is 0 Å². The summed E-state index contributed by atoms with van der Waals surface area (Å²) in [7, 11) is 2.03. The summed E-state index contributed by atoms with van der Waals surface area (Å²) in [6.07, 6.45) is 6.70. The van der Waals surface area contributed by atoms with Crippen LogP contribution in [0.3, 0.4) is 0 Å². The van der Waals surface area contributed by atoms with E-state index in [2.05, 4.69) is 41.8 Å². The molecule has 0 saturated carbocycles. The molecule has 5 aromatic rings. The average molecular weight is 467 g/mol. The van der Waals surface area contributed by atoms with Crippen molar-refractivity contribution in [3.63, 3.8) is 0 Å². The molecule has 0 N–H and O–H groups in total. The minimum Gasteiger partial charge on any atom is -0.454 e. The van der Waals surface area contributed by atoms with Gasteiger partial charge in [0, 0.05) is 29.5 Å². The Kier molecular flexibility index (Phi) is 5.62. The predicted octanol–water partition coefficient (Wildman–Crippen LogP) is 7.82. The molecule has 1 atom stereocenters. The summed E-state index contributed by atoms with van der Waals surface area (Å²) >= 11 is 0. The molecule has 176 valence electrons. The molecule has 0 bridgehead atoms. The summed E-state index contributed by atoms with van der Waals surface area (Å²) in [6.45, 7) is 2.89. The van der Waals surface area contributed by atoms with Gasteiger partial charge in [-0.2, -0.15) is 0 Å². The maximum atomic E-state index is 15.3. The molecular weight excluding hydrogens is 437 g/mol. The molecule has 4 heteroatoms. The van der Waals surface area contributed by atoms with E-state index in [4.69, 9.17) is 9.15 Å². The summed E-state index contributed by atoms with van der Waals surface area (Å²) in [5.41, 5.74) is 7.07. The third-order valence-electron chi connectivity index (χ3n) is 7.28. The van der Waals surface area contributed by atoms with E-state index < -0.39 is 0 Å². The number of aryl methyl sites for hydroxylation is 2. The van der Waals surface area contributed by atoms with Gasteiger partial charge >= 0.3 is 0 Å². The lowest BCUT2D eigenvalue weighted by Crippen LogP contribution is -2.30. The number of halogens is 1. The van der Waals surface area contributed by atoms with E-state index in [1.807, 2.05) is 43.6 Å². The van der Waals surface area contributed by atoms with Gasteiger partial charge in [0.05, 0.1) is 17.2 Å². The Hall–Kier alpha value is -3.50. The normalized spacial score (nSPS) is 16.6. The Labute approximate surface area is 204 Å². The van der Waals surface area contributed by atoms with Crippen LogP contribution in [-0.2, 0) is 11.8 Å². The number of furan rings is 1. The lowest BCUT2D eigenvalue weighted by atomic mass is 9.97. The van der Waals surface area contributed by atoms with Crippen molar-refractivity contribution in [2.75, 3.05) is 6.61 Å². The van der Waals surface area contributed by atoms with Gasteiger partial charge < -0.3 is 9.15 Å². The van der Waals surface area contributed by atoms with E-state index in [1.54, 1.807) is 6.07 Å². The first-order valence-corrected chi connectivity index (χ1v) is 12.4. The number of nitrogens with zero attached hydrogens (tertiary/aromatic N) is 1. The highest BCUT2D eigenvalue weighted by Crippen LogP contribution is 2.41. The van der Waals surface area contributed by atoms with Gasteiger partial charge in [0.2, 0.25) is 5.69 Å².